The molecule has 1 unspecified atom stereocenters. The lowest BCUT2D eigenvalue weighted by Gasteiger charge is -2.33. The van der Waals surface area contributed by atoms with E-state index in [-0.39, 0.29) is 17.8 Å². The number of hydrogen-bond acceptors (Lipinski definition) is 4. The molecule has 1 aliphatic rings. The largest absolute Gasteiger partial charge is 0.465 e. The quantitative estimate of drug-likeness (QED) is 0.821. The molecular weight excluding hydrogens is 391 g/mol. The topological polar surface area (TPSA) is 54.7 Å². The van der Waals surface area contributed by atoms with Gasteiger partial charge in [-0.15, -0.1) is 0 Å². The van der Waals surface area contributed by atoms with Gasteiger partial charge < -0.3 is 14.5 Å². The van der Waals surface area contributed by atoms with E-state index >= 15 is 0 Å². The van der Waals surface area contributed by atoms with E-state index < -0.39 is 0 Å². The van der Waals surface area contributed by atoms with E-state index in [1.165, 1.54) is 18.2 Å². The highest BCUT2D eigenvalue weighted by Gasteiger charge is 2.26. The van der Waals surface area contributed by atoms with Crippen LogP contribution >= 0.6 is 15.9 Å². The fourth-order valence-corrected chi connectivity index (χ4v) is 3.42. The highest BCUT2D eigenvalue weighted by Crippen LogP contribution is 2.24. The standard InChI is InChI=1S/C18H20BrFN2O3/c1-12-2-5-17(25-12)16(22-6-8-24-9-7-22)11-21-18(23)14-4-3-13(20)10-15(14)19/h2-5,10,16H,6-9,11H2,1H3,(H,21,23). The zero-order valence-corrected chi connectivity index (χ0v) is 15.5. The van der Waals surface area contributed by atoms with E-state index in [1.807, 2.05) is 19.1 Å². The second kappa shape index (κ2) is 8.12. The zero-order chi connectivity index (χ0) is 17.8. The molecular formula is C18H20BrFN2O3. The molecule has 1 saturated heterocycles. The summed E-state index contributed by atoms with van der Waals surface area (Å²) < 4.78 is 24.8. The molecule has 5 nitrogen and oxygen atoms in total. The van der Waals surface area contributed by atoms with Crippen molar-refractivity contribution in [3.63, 3.8) is 0 Å². The van der Waals surface area contributed by atoms with Crippen molar-refractivity contribution in [2.24, 2.45) is 0 Å². The molecule has 134 valence electrons. The van der Waals surface area contributed by atoms with Gasteiger partial charge in [0.15, 0.2) is 0 Å². The van der Waals surface area contributed by atoms with Crippen LogP contribution in [0.1, 0.15) is 27.9 Å². The van der Waals surface area contributed by atoms with Crippen molar-refractivity contribution in [1.29, 1.82) is 0 Å². The first kappa shape index (κ1) is 18.1. The van der Waals surface area contributed by atoms with Crippen molar-refractivity contribution < 1.29 is 18.3 Å². The van der Waals surface area contributed by atoms with E-state index in [9.17, 15) is 9.18 Å². The van der Waals surface area contributed by atoms with Crippen LogP contribution in [0.3, 0.4) is 0 Å². The monoisotopic (exact) mass is 410 g/mol. The Bertz CT molecular complexity index is 744. The summed E-state index contributed by atoms with van der Waals surface area (Å²) in [6.07, 6.45) is 0. The molecule has 0 aliphatic carbocycles. The van der Waals surface area contributed by atoms with E-state index in [0.717, 1.165) is 24.6 Å². The van der Waals surface area contributed by atoms with Crippen molar-refractivity contribution in [2.75, 3.05) is 32.8 Å². The fraction of sp³-hybridized carbons (Fsp3) is 0.389. The van der Waals surface area contributed by atoms with E-state index in [0.29, 0.717) is 29.8 Å². The molecule has 1 fully saturated rings. The van der Waals surface area contributed by atoms with Crippen molar-refractivity contribution in [3.05, 3.63) is 57.7 Å². The third-order valence-electron chi connectivity index (χ3n) is 4.21. The molecule has 0 saturated carbocycles. The lowest BCUT2D eigenvalue weighted by atomic mass is 10.1. The smallest absolute Gasteiger partial charge is 0.252 e. The van der Waals surface area contributed by atoms with E-state index in [4.69, 9.17) is 9.15 Å². The highest BCUT2D eigenvalue weighted by molar-refractivity contribution is 9.10. The summed E-state index contributed by atoms with van der Waals surface area (Å²) in [6.45, 7) is 5.17. The molecule has 1 N–H and O–H groups in total. The van der Waals surface area contributed by atoms with Gasteiger partial charge in [0.25, 0.3) is 5.91 Å². The Morgan fingerprint density at radius 1 is 1.32 bits per heavy atom. The molecule has 7 heteroatoms. The molecule has 1 aromatic heterocycles. The third kappa shape index (κ3) is 4.48. The van der Waals surface area contributed by atoms with Gasteiger partial charge in [-0.2, -0.15) is 0 Å². The minimum absolute atomic E-state index is 0.0687. The summed E-state index contributed by atoms with van der Waals surface area (Å²) in [4.78, 5) is 14.7. The molecule has 1 aliphatic heterocycles. The van der Waals surface area contributed by atoms with E-state index in [1.54, 1.807) is 0 Å². The molecule has 0 bridgehead atoms. The van der Waals surface area contributed by atoms with Crippen LogP contribution in [0.5, 0.6) is 0 Å². The normalized spacial score (nSPS) is 16.6. The number of carbonyl (C=O) groups excluding carboxylic acids is 1. The number of nitrogens with one attached hydrogen (secondary N) is 1. The first-order chi connectivity index (χ1) is 12.0. The zero-order valence-electron chi connectivity index (χ0n) is 13.9. The molecule has 2 heterocycles. The summed E-state index contributed by atoms with van der Waals surface area (Å²) in [5, 5.41) is 2.93. The summed E-state index contributed by atoms with van der Waals surface area (Å²) in [5.74, 6) is 1.01. The lowest BCUT2D eigenvalue weighted by Crippen LogP contribution is -2.43. The van der Waals surface area contributed by atoms with Gasteiger partial charge in [-0.3, -0.25) is 9.69 Å². The Kier molecular flexibility index (Phi) is 5.88. The number of benzene rings is 1. The van der Waals surface area contributed by atoms with Gasteiger partial charge in [-0.05, 0) is 53.2 Å². The number of halogens is 2. The second-order valence-corrected chi connectivity index (χ2v) is 6.80. The van der Waals surface area contributed by atoms with Crippen molar-refractivity contribution in [3.8, 4) is 0 Å². The summed E-state index contributed by atoms with van der Waals surface area (Å²) >= 11 is 3.23. The maximum Gasteiger partial charge on any atom is 0.252 e. The van der Waals surface area contributed by atoms with Crippen LogP contribution in [0.4, 0.5) is 4.39 Å². The van der Waals surface area contributed by atoms with Gasteiger partial charge in [0.1, 0.15) is 17.3 Å². The number of morpholine rings is 1. The fourth-order valence-electron chi connectivity index (χ4n) is 2.89. The van der Waals surface area contributed by atoms with Gasteiger partial charge in [0, 0.05) is 24.1 Å². The van der Waals surface area contributed by atoms with Crippen LogP contribution in [0.15, 0.2) is 39.2 Å². The average molecular weight is 411 g/mol. The number of ether oxygens (including phenoxy) is 1. The number of amides is 1. The second-order valence-electron chi connectivity index (χ2n) is 5.95. The van der Waals surface area contributed by atoms with Crippen LogP contribution in [0, 0.1) is 12.7 Å². The van der Waals surface area contributed by atoms with Gasteiger partial charge in [0.05, 0.1) is 24.8 Å². The molecule has 2 aromatic rings. The van der Waals surface area contributed by atoms with Gasteiger partial charge in [0.2, 0.25) is 0 Å². The van der Waals surface area contributed by atoms with Crippen LogP contribution < -0.4 is 5.32 Å². The summed E-state index contributed by atoms with van der Waals surface area (Å²) in [7, 11) is 0. The van der Waals surface area contributed by atoms with Gasteiger partial charge in [-0.1, -0.05) is 0 Å². The minimum atomic E-state index is -0.388. The minimum Gasteiger partial charge on any atom is -0.465 e. The number of carbonyl (C=O) groups is 1. The molecule has 1 atom stereocenters. The average Bonchev–Trinajstić information content (AvgIpc) is 3.02. The number of furan rings is 1. The van der Waals surface area contributed by atoms with Crippen molar-refractivity contribution >= 4 is 21.8 Å². The number of aryl methyl sites for hydroxylation is 1. The molecule has 0 spiro atoms. The Morgan fingerprint density at radius 3 is 2.72 bits per heavy atom. The maximum atomic E-state index is 13.2. The SMILES string of the molecule is Cc1ccc(C(CNC(=O)c2ccc(F)cc2Br)N2CCOCC2)o1. The molecule has 1 amide bonds. The Balaban J connectivity index is 1.72. The van der Waals surface area contributed by atoms with Crippen LogP contribution in [-0.2, 0) is 4.74 Å². The molecule has 1 aromatic carbocycles. The third-order valence-corrected chi connectivity index (χ3v) is 4.86. The Hall–Kier alpha value is -1.70. The predicted octanol–water partition coefficient (Wildman–Crippen LogP) is 3.29. The van der Waals surface area contributed by atoms with Crippen LogP contribution in [-0.4, -0.2) is 43.7 Å². The number of nitrogens with zero attached hydrogens (tertiary/aromatic N) is 1. The molecule has 3 rings (SSSR count). The Morgan fingerprint density at radius 2 is 2.08 bits per heavy atom. The van der Waals surface area contributed by atoms with E-state index in [2.05, 4.69) is 26.1 Å². The predicted molar refractivity (Wildman–Crippen MR) is 95.0 cm³/mol. The lowest BCUT2D eigenvalue weighted by molar-refractivity contribution is 0.0117. The Labute approximate surface area is 154 Å². The first-order valence-corrected chi connectivity index (χ1v) is 8.95. The van der Waals surface area contributed by atoms with Crippen LogP contribution in [0.2, 0.25) is 0 Å². The number of hydrogen-bond donors (Lipinski definition) is 1. The van der Waals surface area contributed by atoms with Crippen LogP contribution in [0.25, 0.3) is 0 Å². The highest BCUT2D eigenvalue weighted by atomic mass is 79.9. The molecule has 0 radical (unpaired) electrons. The summed E-state index contributed by atoms with van der Waals surface area (Å²) in [6, 6.07) is 7.81. The first-order valence-electron chi connectivity index (χ1n) is 8.16. The maximum absolute atomic E-state index is 13.2. The summed E-state index contributed by atoms with van der Waals surface area (Å²) in [5.41, 5.74) is 0.401. The van der Waals surface area contributed by atoms with Crippen molar-refractivity contribution in [1.82, 2.24) is 10.2 Å². The van der Waals surface area contributed by atoms with Crippen molar-refractivity contribution in [2.45, 2.75) is 13.0 Å². The van der Waals surface area contributed by atoms with Gasteiger partial charge >= 0.3 is 0 Å². The molecule has 25 heavy (non-hydrogen) atoms. The van der Waals surface area contributed by atoms with Gasteiger partial charge in [-0.25, -0.2) is 4.39 Å². The number of rotatable bonds is 5.